The summed E-state index contributed by atoms with van der Waals surface area (Å²) in [6, 6.07) is 5.00. The lowest BCUT2D eigenvalue weighted by atomic mass is 10.3. The molecule has 0 aliphatic heterocycles. The number of fused-ring (bicyclic) bond motifs is 1. The second-order valence-electron chi connectivity index (χ2n) is 3.83. The molecule has 7 heteroatoms. The summed E-state index contributed by atoms with van der Waals surface area (Å²) in [6.45, 7) is 0. The molecule has 0 aromatic carbocycles. The van der Waals surface area contributed by atoms with Crippen molar-refractivity contribution in [3.05, 3.63) is 34.9 Å². The van der Waals surface area contributed by atoms with Gasteiger partial charge in [-0.3, -0.25) is 9.20 Å². The van der Waals surface area contributed by atoms with E-state index >= 15 is 0 Å². The highest BCUT2D eigenvalue weighted by molar-refractivity contribution is 6.30. The Morgan fingerprint density at radius 3 is 2.84 bits per heavy atom. The summed E-state index contributed by atoms with van der Waals surface area (Å²) in [5.41, 5.74) is 0.630. The number of esters is 1. The lowest BCUT2D eigenvalue weighted by Gasteiger charge is -2.01. The number of carbonyl (C=O) groups excluding carboxylic acids is 1. The summed E-state index contributed by atoms with van der Waals surface area (Å²) in [7, 11) is 1.26. The fourth-order valence-corrected chi connectivity index (χ4v) is 2.06. The highest BCUT2D eigenvalue weighted by Crippen LogP contribution is 2.20. The van der Waals surface area contributed by atoms with Crippen molar-refractivity contribution in [1.29, 1.82) is 0 Å². The van der Waals surface area contributed by atoms with Gasteiger partial charge in [-0.2, -0.15) is 0 Å². The largest absolute Gasteiger partial charge is 0.481 e. The van der Waals surface area contributed by atoms with E-state index in [0.717, 1.165) is 0 Å². The standard InChI is InChI=1S/C12H11ClN2O4/c1-19-12(18)11-7-3-2-4-8(13)15(7)9(14-11)5-6-10(16)17/h2-4H,5-6H2,1H3,(H,16,17). The Hall–Kier alpha value is -2.08. The first-order valence-corrected chi connectivity index (χ1v) is 5.88. The third kappa shape index (κ3) is 2.53. The Kier molecular flexibility index (Phi) is 3.71. The maximum Gasteiger partial charge on any atom is 0.358 e. The Balaban J connectivity index is 2.57. The number of carboxylic acids is 1. The van der Waals surface area contributed by atoms with E-state index in [0.29, 0.717) is 16.5 Å². The molecule has 0 atom stereocenters. The van der Waals surface area contributed by atoms with Crippen LogP contribution in [0.5, 0.6) is 0 Å². The number of aliphatic carboxylic acids is 1. The number of halogens is 1. The summed E-state index contributed by atoms with van der Waals surface area (Å²) in [5.74, 6) is -1.10. The number of pyridine rings is 1. The van der Waals surface area contributed by atoms with Gasteiger partial charge in [-0.15, -0.1) is 0 Å². The number of nitrogens with zero attached hydrogens (tertiary/aromatic N) is 2. The number of methoxy groups -OCH3 is 1. The van der Waals surface area contributed by atoms with Crippen LogP contribution in [0.25, 0.3) is 5.52 Å². The Morgan fingerprint density at radius 2 is 2.21 bits per heavy atom. The number of carbonyl (C=O) groups is 2. The summed E-state index contributed by atoms with van der Waals surface area (Å²) < 4.78 is 6.20. The van der Waals surface area contributed by atoms with Crippen molar-refractivity contribution >= 4 is 29.1 Å². The van der Waals surface area contributed by atoms with Gasteiger partial charge >= 0.3 is 11.9 Å². The van der Waals surface area contributed by atoms with Crippen molar-refractivity contribution in [3.8, 4) is 0 Å². The smallest absolute Gasteiger partial charge is 0.358 e. The van der Waals surface area contributed by atoms with Crippen LogP contribution in [0.4, 0.5) is 0 Å². The van der Waals surface area contributed by atoms with Crippen molar-refractivity contribution < 1.29 is 19.4 Å². The maximum absolute atomic E-state index is 11.6. The van der Waals surface area contributed by atoms with E-state index in [4.69, 9.17) is 16.7 Å². The average Bonchev–Trinajstić information content (AvgIpc) is 2.76. The second kappa shape index (κ2) is 5.27. The van der Waals surface area contributed by atoms with Crippen molar-refractivity contribution in [2.24, 2.45) is 0 Å². The number of imidazole rings is 1. The molecule has 6 nitrogen and oxygen atoms in total. The van der Waals surface area contributed by atoms with Gasteiger partial charge in [-0.25, -0.2) is 9.78 Å². The van der Waals surface area contributed by atoms with Crippen LogP contribution in [0.3, 0.4) is 0 Å². The van der Waals surface area contributed by atoms with Crippen LogP contribution in [0.15, 0.2) is 18.2 Å². The average molecular weight is 283 g/mol. The van der Waals surface area contributed by atoms with Crippen molar-refractivity contribution in [3.63, 3.8) is 0 Å². The summed E-state index contributed by atoms with van der Waals surface area (Å²) >= 11 is 6.06. The molecule has 2 aromatic heterocycles. The summed E-state index contributed by atoms with van der Waals surface area (Å²) in [4.78, 5) is 26.4. The van der Waals surface area contributed by atoms with E-state index in [-0.39, 0.29) is 18.5 Å². The first kappa shape index (κ1) is 13.4. The van der Waals surface area contributed by atoms with Gasteiger partial charge in [-0.05, 0) is 12.1 Å². The zero-order valence-corrected chi connectivity index (χ0v) is 10.8. The SMILES string of the molecule is COC(=O)c1nc(CCC(=O)O)n2c(Cl)cccc12. The predicted octanol–water partition coefficient (Wildman–Crippen LogP) is 1.79. The van der Waals surface area contributed by atoms with Crippen LogP contribution in [0.2, 0.25) is 5.15 Å². The van der Waals surface area contributed by atoms with Crippen LogP contribution in [-0.4, -0.2) is 33.5 Å². The van der Waals surface area contributed by atoms with Gasteiger partial charge in [0.05, 0.1) is 19.0 Å². The lowest BCUT2D eigenvalue weighted by Crippen LogP contribution is -2.03. The number of rotatable bonds is 4. The molecule has 0 fully saturated rings. The van der Waals surface area contributed by atoms with E-state index < -0.39 is 11.9 Å². The van der Waals surface area contributed by atoms with Gasteiger partial charge in [0.2, 0.25) is 0 Å². The topological polar surface area (TPSA) is 80.9 Å². The minimum atomic E-state index is -0.941. The van der Waals surface area contributed by atoms with E-state index in [1.807, 2.05) is 0 Å². The van der Waals surface area contributed by atoms with Gasteiger partial charge < -0.3 is 9.84 Å². The first-order chi connectivity index (χ1) is 9.04. The number of aromatic nitrogens is 2. The highest BCUT2D eigenvalue weighted by Gasteiger charge is 2.19. The zero-order valence-electron chi connectivity index (χ0n) is 10.1. The van der Waals surface area contributed by atoms with E-state index in [1.165, 1.54) is 7.11 Å². The molecular weight excluding hydrogens is 272 g/mol. The van der Waals surface area contributed by atoms with Gasteiger partial charge in [0.25, 0.3) is 0 Å². The van der Waals surface area contributed by atoms with Crippen LogP contribution < -0.4 is 0 Å². The molecule has 2 aromatic rings. The highest BCUT2D eigenvalue weighted by atomic mass is 35.5. The Bertz CT molecular complexity index is 650. The molecule has 0 bridgehead atoms. The van der Waals surface area contributed by atoms with Gasteiger partial charge in [0, 0.05) is 6.42 Å². The first-order valence-electron chi connectivity index (χ1n) is 5.50. The normalized spacial score (nSPS) is 10.6. The molecule has 2 rings (SSSR count). The molecule has 0 spiro atoms. The summed E-state index contributed by atoms with van der Waals surface area (Å²) in [5, 5.41) is 9.08. The molecule has 0 aliphatic carbocycles. The molecule has 0 aliphatic rings. The second-order valence-corrected chi connectivity index (χ2v) is 4.22. The van der Waals surface area contributed by atoms with Crippen LogP contribution in [0, 0.1) is 0 Å². The number of ether oxygens (including phenoxy) is 1. The van der Waals surface area contributed by atoms with Crippen molar-refractivity contribution in [1.82, 2.24) is 9.38 Å². The van der Waals surface area contributed by atoms with E-state index in [1.54, 1.807) is 22.6 Å². The molecule has 0 saturated heterocycles. The molecule has 0 amide bonds. The van der Waals surface area contributed by atoms with Gasteiger partial charge in [0.1, 0.15) is 11.0 Å². The molecule has 0 saturated carbocycles. The van der Waals surface area contributed by atoms with Gasteiger partial charge in [-0.1, -0.05) is 17.7 Å². The maximum atomic E-state index is 11.6. The Morgan fingerprint density at radius 1 is 1.47 bits per heavy atom. The fraction of sp³-hybridized carbons (Fsp3) is 0.250. The number of aryl methyl sites for hydroxylation is 1. The monoisotopic (exact) mass is 282 g/mol. The molecule has 19 heavy (non-hydrogen) atoms. The van der Waals surface area contributed by atoms with E-state index in [2.05, 4.69) is 9.72 Å². The fourth-order valence-electron chi connectivity index (χ4n) is 1.80. The van der Waals surface area contributed by atoms with Crippen LogP contribution in [-0.2, 0) is 16.0 Å². The quantitative estimate of drug-likeness (QED) is 0.683. The molecule has 0 unspecified atom stereocenters. The third-order valence-electron chi connectivity index (χ3n) is 2.63. The van der Waals surface area contributed by atoms with Crippen LogP contribution in [0.1, 0.15) is 22.7 Å². The third-order valence-corrected chi connectivity index (χ3v) is 2.92. The molecule has 2 heterocycles. The molecule has 0 radical (unpaired) electrons. The van der Waals surface area contributed by atoms with E-state index in [9.17, 15) is 9.59 Å². The molecule has 1 N–H and O–H groups in total. The number of hydrogen-bond acceptors (Lipinski definition) is 4. The lowest BCUT2D eigenvalue weighted by molar-refractivity contribution is -0.137. The van der Waals surface area contributed by atoms with Crippen molar-refractivity contribution in [2.45, 2.75) is 12.8 Å². The molecular formula is C12H11ClN2O4. The number of carboxylic acid groups (broad SMARTS) is 1. The van der Waals surface area contributed by atoms with Gasteiger partial charge in [0.15, 0.2) is 5.69 Å². The van der Waals surface area contributed by atoms with Crippen molar-refractivity contribution in [2.75, 3.05) is 7.11 Å². The minimum absolute atomic E-state index is 0.0923. The predicted molar refractivity (Wildman–Crippen MR) is 67.5 cm³/mol. The number of hydrogen-bond donors (Lipinski definition) is 1. The van der Waals surface area contributed by atoms with Crippen LogP contribution >= 0.6 is 11.6 Å². The molecule has 100 valence electrons. The Labute approximate surface area is 113 Å². The minimum Gasteiger partial charge on any atom is -0.481 e. The summed E-state index contributed by atoms with van der Waals surface area (Å²) in [6.07, 6.45) is 0.0855. The zero-order chi connectivity index (χ0) is 14.0.